The molecule has 1 aliphatic rings. The lowest BCUT2D eigenvalue weighted by molar-refractivity contribution is -0.0586. The van der Waals surface area contributed by atoms with Crippen molar-refractivity contribution in [3.8, 4) is 5.75 Å². The minimum Gasteiger partial charge on any atom is -0.489 e. The third-order valence-electron chi connectivity index (χ3n) is 5.71. The van der Waals surface area contributed by atoms with Crippen molar-refractivity contribution in [3.63, 3.8) is 0 Å². The molecule has 6 heteroatoms. The van der Waals surface area contributed by atoms with E-state index in [4.69, 9.17) is 9.47 Å². The number of carbonyl (C=O) groups excluding carboxylic acids is 2. The Morgan fingerprint density at radius 2 is 1.59 bits per heavy atom. The van der Waals surface area contributed by atoms with Gasteiger partial charge in [0.2, 0.25) is 0 Å². The molecule has 0 radical (unpaired) electrons. The van der Waals surface area contributed by atoms with Crippen LogP contribution in [0.1, 0.15) is 45.7 Å². The number of nitrogens with one attached hydrogen (secondary N) is 1. The maximum Gasteiger partial charge on any atom is 0.254 e. The third-order valence-corrected chi connectivity index (χ3v) is 5.71. The molecule has 0 aromatic heterocycles. The van der Waals surface area contributed by atoms with Crippen LogP contribution in [0.4, 0.5) is 0 Å². The molecule has 0 bridgehead atoms. The van der Waals surface area contributed by atoms with E-state index < -0.39 is 0 Å². The topological polar surface area (TPSA) is 67.9 Å². The fourth-order valence-electron chi connectivity index (χ4n) is 4.04. The Kier molecular flexibility index (Phi) is 7.60. The van der Waals surface area contributed by atoms with E-state index in [9.17, 15) is 9.59 Å². The quantitative estimate of drug-likeness (QED) is 0.568. The van der Waals surface area contributed by atoms with Crippen molar-refractivity contribution in [1.82, 2.24) is 10.2 Å². The smallest absolute Gasteiger partial charge is 0.254 e. The molecule has 4 rings (SSSR count). The van der Waals surface area contributed by atoms with Crippen LogP contribution in [-0.4, -0.2) is 42.0 Å². The van der Waals surface area contributed by atoms with Gasteiger partial charge in [-0.05, 0) is 55.3 Å². The number of hydrogen-bond acceptors (Lipinski definition) is 4. The molecule has 1 aliphatic heterocycles. The zero-order valence-electron chi connectivity index (χ0n) is 19.6. The zero-order chi connectivity index (χ0) is 23.9. The highest BCUT2D eigenvalue weighted by molar-refractivity contribution is 5.95. The van der Waals surface area contributed by atoms with E-state index in [0.717, 1.165) is 11.1 Å². The first-order valence-corrected chi connectivity index (χ1v) is 11.6. The lowest BCUT2D eigenvalue weighted by atomic mass is 10.1. The number of benzene rings is 3. The molecular weight excluding hydrogens is 428 g/mol. The molecule has 1 heterocycles. The summed E-state index contributed by atoms with van der Waals surface area (Å²) in [5.41, 5.74) is 3.16. The summed E-state index contributed by atoms with van der Waals surface area (Å²) in [7, 11) is 0. The minimum absolute atomic E-state index is 0.00454. The number of rotatable bonds is 7. The molecule has 6 nitrogen and oxygen atoms in total. The predicted molar refractivity (Wildman–Crippen MR) is 131 cm³/mol. The number of ether oxygens (including phenoxy) is 2. The van der Waals surface area contributed by atoms with Gasteiger partial charge in [-0.2, -0.15) is 0 Å². The second-order valence-corrected chi connectivity index (χ2v) is 8.65. The summed E-state index contributed by atoms with van der Waals surface area (Å²) in [6.45, 7) is 5.96. The molecule has 2 unspecified atom stereocenters. The summed E-state index contributed by atoms with van der Waals surface area (Å²) in [6, 6.07) is 24.4. The molecule has 34 heavy (non-hydrogen) atoms. The van der Waals surface area contributed by atoms with E-state index in [-0.39, 0.29) is 24.0 Å². The van der Waals surface area contributed by atoms with Crippen molar-refractivity contribution < 1.29 is 19.1 Å². The summed E-state index contributed by atoms with van der Waals surface area (Å²) in [5, 5.41) is 2.93. The van der Waals surface area contributed by atoms with Crippen LogP contribution in [0, 0.1) is 0 Å². The first-order valence-electron chi connectivity index (χ1n) is 11.6. The van der Waals surface area contributed by atoms with Gasteiger partial charge in [0.1, 0.15) is 12.4 Å². The fourth-order valence-corrected chi connectivity index (χ4v) is 4.04. The third kappa shape index (κ3) is 6.23. The molecule has 3 aromatic rings. The maximum absolute atomic E-state index is 12.8. The van der Waals surface area contributed by atoms with Gasteiger partial charge in [0.15, 0.2) is 0 Å². The van der Waals surface area contributed by atoms with Crippen LogP contribution in [-0.2, 0) is 17.9 Å². The van der Waals surface area contributed by atoms with Crippen molar-refractivity contribution in [1.29, 1.82) is 0 Å². The molecule has 0 saturated carbocycles. The van der Waals surface area contributed by atoms with Crippen LogP contribution < -0.4 is 10.1 Å². The van der Waals surface area contributed by atoms with Gasteiger partial charge >= 0.3 is 0 Å². The Morgan fingerprint density at radius 3 is 2.29 bits per heavy atom. The summed E-state index contributed by atoms with van der Waals surface area (Å²) in [5.74, 6) is 0.470. The van der Waals surface area contributed by atoms with Crippen LogP contribution in [0.2, 0.25) is 0 Å². The zero-order valence-corrected chi connectivity index (χ0v) is 19.6. The monoisotopic (exact) mass is 458 g/mol. The minimum atomic E-state index is -0.179. The molecule has 0 spiro atoms. The van der Waals surface area contributed by atoms with Gasteiger partial charge in [-0.25, -0.2) is 0 Å². The van der Waals surface area contributed by atoms with Crippen molar-refractivity contribution in [3.05, 3.63) is 101 Å². The lowest BCUT2D eigenvalue weighted by Gasteiger charge is -2.35. The Bertz CT molecular complexity index is 1100. The molecule has 1 N–H and O–H groups in total. The highest BCUT2D eigenvalue weighted by Crippen LogP contribution is 2.17. The van der Waals surface area contributed by atoms with Crippen LogP contribution >= 0.6 is 0 Å². The SMILES string of the molecule is CC1CN(C(=O)c2ccc(CNC(=O)c3cccc(OCc4ccccc4)c3)cc2)CC(C)O1. The van der Waals surface area contributed by atoms with Crippen molar-refractivity contribution >= 4 is 11.8 Å². The van der Waals surface area contributed by atoms with Crippen molar-refractivity contribution in [2.45, 2.75) is 39.2 Å². The highest BCUT2D eigenvalue weighted by atomic mass is 16.5. The summed E-state index contributed by atoms with van der Waals surface area (Å²) >= 11 is 0. The van der Waals surface area contributed by atoms with E-state index in [0.29, 0.717) is 43.1 Å². The van der Waals surface area contributed by atoms with Crippen LogP contribution in [0.3, 0.4) is 0 Å². The summed E-state index contributed by atoms with van der Waals surface area (Å²) in [6.07, 6.45) is 0.0638. The van der Waals surface area contributed by atoms with Crippen molar-refractivity contribution in [2.24, 2.45) is 0 Å². The van der Waals surface area contributed by atoms with Crippen LogP contribution in [0.25, 0.3) is 0 Å². The van der Waals surface area contributed by atoms with E-state index in [2.05, 4.69) is 5.32 Å². The standard InChI is InChI=1S/C28H30N2O4/c1-20-17-30(18-21(2)34-20)28(32)24-13-11-22(12-14-24)16-29-27(31)25-9-6-10-26(15-25)33-19-23-7-4-3-5-8-23/h3-15,20-21H,16-19H2,1-2H3,(H,29,31). The van der Waals surface area contributed by atoms with Crippen LogP contribution in [0.5, 0.6) is 5.75 Å². The molecule has 1 saturated heterocycles. The molecule has 2 amide bonds. The molecule has 0 aliphatic carbocycles. The van der Waals surface area contributed by atoms with E-state index >= 15 is 0 Å². The Hall–Kier alpha value is -3.64. The lowest BCUT2D eigenvalue weighted by Crippen LogP contribution is -2.48. The van der Waals surface area contributed by atoms with Gasteiger partial charge in [0, 0.05) is 30.8 Å². The van der Waals surface area contributed by atoms with E-state index in [1.165, 1.54) is 0 Å². The van der Waals surface area contributed by atoms with Gasteiger partial charge in [-0.15, -0.1) is 0 Å². The summed E-state index contributed by atoms with van der Waals surface area (Å²) < 4.78 is 11.5. The van der Waals surface area contributed by atoms with Gasteiger partial charge in [-0.1, -0.05) is 48.5 Å². The first-order chi connectivity index (χ1) is 16.5. The molecule has 2 atom stereocenters. The van der Waals surface area contributed by atoms with Crippen LogP contribution in [0.15, 0.2) is 78.9 Å². The first kappa shape index (κ1) is 23.5. The normalized spacial score (nSPS) is 17.8. The van der Waals surface area contributed by atoms with Gasteiger partial charge in [0.05, 0.1) is 12.2 Å². The van der Waals surface area contributed by atoms with Gasteiger partial charge in [-0.3, -0.25) is 9.59 Å². The number of amides is 2. The summed E-state index contributed by atoms with van der Waals surface area (Å²) in [4.78, 5) is 27.3. The Morgan fingerprint density at radius 1 is 0.882 bits per heavy atom. The largest absolute Gasteiger partial charge is 0.489 e. The average molecular weight is 459 g/mol. The number of hydrogen-bond donors (Lipinski definition) is 1. The maximum atomic E-state index is 12.8. The average Bonchev–Trinajstić information content (AvgIpc) is 2.86. The number of nitrogens with zero attached hydrogens (tertiary/aromatic N) is 1. The van der Waals surface area contributed by atoms with Crippen molar-refractivity contribution in [2.75, 3.05) is 13.1 Å². The Labute approximate surface area is 200 Å². The highest BCUT2D eigenvalue weighted by Gasteiger charge is 2.26. The van der Waals surface area contributed by atoms with Gasteiger partial charge < -0.3 is 19.7 Å². The Balaban J connectivity index is 1.30. The molecular formula is C28H30N2O4. The number of morpholine rings is 1. The second-order valence-electron chi connectivity index (χ2n) is 8.65. The molecule has 3 aromatic carbocycles. The molecule has 176 valence electrons. The predicted octanol–water partition coefficient (Wildman–Crippen LogP) is 4.45. The fraction of sp³-hybridized carbons (Fsp3) is 0.286. The van der Waals surface area contributed by atoms with Gasteiger partial charge in [0.25, 0.3) is 11.8 Å². The van der Waals surface area contributed by atoms with E-state index in [1.807, 2.05) is 85.5 Å². The second kappa shape index (κ2) is 11.0. The number of carbonyl (C=O) groups is 2. The molecule has 1 fully saturated rings. The van der Waals surface area contributed by atoms with E-state index in [1.54, 1.807) is 12.1 Å².